The van der Waals surface area contributed by atoms with E-state index in [1.54, 1.807) is 6.92 Å². The lowest BCUT2D eigenvalue weighted by Gasteiger charge is -2.26. The van der Waals surface area contributed by atoms with Gasteiger partial charge < -0.3 is 15.2 Å². The van der Waals surface area contributed by atoms with Crippen LogP contribution in [0.3, 0.4) is 0 Å². The standard InChI is InChI=1S/C13H19NO3S/c1-4-16-13(15)11-8-5-9(7(2)3)17-6-10(8)18-12(11)14/h7,9H,4-6,14H2,1-3H3. The van der Waals surface area contributed by atoms with Crippen molar-refractivity contribution in [2.75, 3.05) is 12.3 Å². The third-order valence-corrected chi connectivity index (χ3v) is 4.21. The van der Waals surface area contributed by atoms with Crippen LogP contribution >= 0.6 is 11.3 Å². The third kappa shape index (κ3) is 2.37. The average molecular weight is 269 g/mol. The topological polar surface area (TPSA) is 61.5 Å². The normalized spacial score (nSPS) is 18.8. The van der Waals surface area contributed by atoms with Gasteiger partial charge in [0.2, 0.25) is 0 Å². The maximum atomic E-state index is 11.9. The fourth-order valence-corrected chi connectivity index (χ4v) is 3.17. The highest BCUT2D eigenvalue weighted by Crippen LogP contribution is 2.37. The van der Waals surface area contributed by atoms with Crippen LogP contribution in [-0.4, -0.2) is 18.7 Å². The molecule has 0 bridgehead atoms. The number of fused-ring (bicyclic) bond motifs is 1. The summed E-state index contributed by atoms with van der Waals surface area (Å²) in [6.45, 7) is 6.96. The van der Waals surface area contributed by atoms with E-state index in [2.05, 4.69) is 13.8 Å². The quantitative estimate of drug-likeness (QED) is 0.857. The average Bonchev–Trinajstić information content (AvgIpc) is 2.63. The second kappa shape index (κ2) is 5.28. The summed E-state index contributed by atoms with van der Waals surface area (Å²) in [7, 11) is 0. The van der Waals surface area contributed by atoms with Crippen LogP contribution in [-0.2, 0) is 22.5 Å². The smallest absolute Gasteiger partial charge is 0.341 e. The Kier molecular flexibility index (Phi) is 3.92. The second-order valence-electron chi connectivity index (χ2n) is 4.76. The minimum absolute atomic E-state index is 0.152. The molecule has 0 radical (unpaired) electrons. The molecule has 1 aliphatic rings. The number of hydrogen-bond acceptors (Lipinski definition) is 5. The van der Waals surface area contributed by atoms with Gasteiger partial charge in [0, 0.05) is 11.3 Å². The number of rotatable bonds is 3. The van der Waals surface area contributed by atoms with Crippen molar-refractivity contribution in [3.63, 3.8) is 0 Å². The molecule has 0 saturated carbocycles. The predicted octanol–water partition coefficient (Wildman–Crippen LogP) is 2.60. The number of hydrogen-bond donors (Lipinski definition) is 1. The zero-order valence-corrected chi connectivity index (χ0v) is 11.8. The van der Waals surface area contributed by atoms with Gasteiger partial charge in [0.05, 0.1) is 24.9 Å². The fraction of sp³-hybridized carbons (Fsp3) is 0.615. The van der Waals surface area contributed by atoms with E-state index in [0.29, 0.717) is 29.7 Å². The monoisotopic (exact) mass is 269 g/mol. The Bertz CT molecular complexity index is 453. The molecule has 1 unspecified atom stereocenters. The lowest BCUT2D eigenvalue weighted by molar-refractivity contribution is 0.00124. The van der Waals surface area contributed by atoms with Gasteiger partial charge in [-0.15, -0.1) is 11.3 Å². The van der Waals surface area contributed by atoms with Crippen LogP contribution in [0, 0.1) is 5.92 Å². The number of carbonyl (C=O) groups is 1. The first-order chi connectivity index (χ1) is 8.54. The van der Waals surface area contributed by atoms with E-state index in [-0.39, 0.29) is 12.1 Å². The molecule has 1 aliphatic heterocycles. The lowest BCUT2D eigenvalue weighted by atomic mass is 9.94. The van der Waals surface area contributed by atoms with Gasteiger partial charge in [0.1, 0.15) is 5.00 Å². The summed E-state index contributed by atoms with van der Waals surface area (Å²) < 4.78 is 10.9. The van der Waals surface area contributed by atoms with Gasteiger partial charge in [-0.3, -0.25) is 0 Å². The Balaban J connectivity index is 2.32. The molecule has 100 valence electrons. The number of ether oxygens (including phenoxy) is 2. The van der Waals surface area contributed by atoms with Crippen molar-refractivity contribution in [2.45, 2.75) is 39.9 Å². The summed E-state index contributed by atoms with van der Waals surface area (Å²) in [6, 6.07) is 0. The van der Waals surface area contributed by atoms with Gasteiger partial charge in [-0.05, 0) is 18.4 Å². The first kappa shape index (κ1) is 13.4. The van der Waals surface area contributed by atoms with E-state index < -0.39 is 0 Å². The number of carbonyl (C=O) groups excluding carboxylic acids is 1. The maximum absolute atomic E-state index is 11.9. The summed E-state index contributed by atoms with van der Waals surface area (Å²) in [5.74, 6) is 0.117. The highest BCUT2D eigenvalue weighted by atomic mass is 32.1. The number of nitrogen functional groups attached to an aromatic ring is 1. The van der Waals surface area contributed by atoms with Crippen LogP contribution in [0.2, 0.25) is 0 Å². The van der Waals surface area contributed by atoms with Crippen molar-refractivity contribution in [1.82, 2.24) is 0 Å². The van der Waals surface area contributed by atoms with Crippen LogP contribution < -0.4 is 5.73 Å². The Hall–Kier alpha value is -1.07. The van der Waals surface area contributed by atoms with E-state index in [1.807, 2.05) is 0 Å². The summed E-state index contributed by atoms with van der Waals surface area (Å²) in [5, 5.41) is 0.548. The molecular weight excluding hydrogens is 250 g/mol. The van der Waals surface area contributed by atoms with Crippen LogP contribution in [0.25, 0.3) is 0 Å². The first-order valence-electron chi connectivity index (χ1n) is 6.23. The molecule has 0 aliphatic carbocycles. The van der Waals surface area contributed by atoms with E-state index >= 15 is 0 Å². The molecule has 2 rings (SSSR count). The van der Waals surface area contributed by atoms with E-state index in [4.69, 9.17) is 15.2 Å². The molecule has 1 aromatic heterocycles. The van der Waals surface area contributed by atoms with E-state index in [1.165, 1.54) is 11.3 Å². The Morgan fingerprint density at radius 2 is 2.33 bits per heavy atom. The van der Waals surface area contributed by atoms with Crippen molar-refractivity contribution in [2.24, 2.45) is 5.92 Å². The van der Waals surface area contributed by atoms with Crippen LogP contribution in [0.1, 0.15) is 41.6 Å². The highest BCUT2D eigenvalue weighted by Gasteiger charge is 2.30. The van der Waals surface area contributed by atoms with Crippen molar-refractivity contribution in [3.8, 4) is 0 Å². The molecule has 4 nitrogen and oxygen atoms in total. The molecule has 0 amide bonds. The van der Waals surface area contributed by atoms with Crippen molar-refractivity contribution in [1.29, 1.82) is 0 Å². The Morgan fingerprint density at radius 1 is 1.61 bits per heavy atom. The van der Waals surface area contributed by atoms with Gasteiger partial charge in [0.15, 0.2) is 0 Å². The number of nitrogens with two attached hydrogens (primary N) is 1. The molecular formula is C13H19NO3S. The lowest BCUT2D eigenvalue weighted by Crippen LogP contribution is -2.27. The van der Waals surface area contributed by atoms with Crippen molar-refractivity contribution < 1.29 is 14.3 Å². The van der Waals surface area contributed by atoms with Gasteiger partial charge in [-0.2, -0.15) is 0 Å². The minimum atomic E-state index is -0.308. The van der Waals surface area contributed by atoms with E-state index in [0.717, 1.165) is 16.9 Å². The van der Waals surface area contributed by atoms with Crippen LogP contribution in [0.15, 0.2) is 0 Å². The zero-order valence-electron chi connectivity index (χ0n) is 11.0. The molecule has 18 heavy (non-hydrogen) atoms. The van der Waals surface area contributed by atoms with Gasteiger partial charge in [-0.1, -0.05) is 13.8 Å². The Labute approximate surface area is 111 Å². The zero-order chi connectivity index (χ0) is 13.3. The minimum Gasteiger partial charge on any atom is -0.462 e. The molecule has 1 atom stereocenters. The largest absolute Gasteiger partial charge is 0.462 e. The molecule has 2 N–H and O–H groups in total. The third-order valence-electron chi connectivity index (χ3n) is 3.17. The molecule has 2 heterocycles. The van der Waals surface area contributed by atoms with Crippen molar-refractivity contribution in [3.05, 3.63) is 16.0 Å². The van der Waals surface area contributed by atoms with Gasteiger partial charge >= 0.3 is 5.97 Å². The number of thiophene rings is 1. The summed E-state index contributed by atoms with van der Waals surface area (Å²) in [5.41, 5.74) is 7.53. The SMILES string of the molecule is CCOC(=O)c1c(N)sc2c1CC(C(C)C)OC2. The first-order valence-corrected chi connectivity index (χ1v) is 7.05. The van der Waals surface area contributed by atoms with E-state index in [9.17, 15) is 4.79 Å². The summed E-state index contributed by atoms with van der Waals surface area (Å²) in [6.07, 6.45) is 0.897. The number of anilines is 1. The summed E-state index contributed by atoms with van der Waals surface area (Å²) in [4.78, 5) is 13.0. The maximum Gasteiger partial charge on any atom is 0.341 e. The predicted molar refractivity (Wildman–Crippen MR) is 71.8 cm³/mol. The molecule has 0 saturated heterocycles. The van der Waals surface area contributed by atoms with Crippen LogP contribution in [0.5, 0.6) is 0 Å². The second-order valence-corrected chi connectivity index (χ2v) is 5.90. The van der Waals surface area contributed by atoms with Gasteiger partial charge in [-0.25, -0.2) is 4.79 Å². The molecule has 5 heteroatoms. The fourth-order valence-electron chi connectivity index (χ4n) is 2.16. The molecule has 1 aromatic rings. The molecule has 0 aromatic carbocycles. The van der Waals surface area contributed by atoms with Crippen LogP contribution in [0.4, 0.5) is 5.00 Å². The molecule has 0 fully saturated rings. The molecule has 0 spiro atoms. The van der Waals surface area contributed by atoms with Gasteiger partial charge in [0.25, 0.3) is 0 Å². The Morgan fingerprint density at radius 3 is 2.94 bits per heavy atom. The highest BCUT2D eigenvalue weighted by molar-refractivity contribution is 7.16. The van der Waals surface area contributed by atoms with Crippen molar-refractivity contribution >= 4 is 22.3 Å². The summed E-state index contributed by atoms with van der Waals surface area (Å²) >= 11 is 1.44. The number of esters is 1.